The molecule has 3 heterocycles. The number of hydrogen-bond acceptors (Lipinski definition) is 8. The molecular weight excluding hydrogens is 416 g/mol. The molecule has 31 heavy (non-hydrogen) atoms. The smallest absolute Gasteiger partial charge is 0.338 e. The molecule has 5 aromatic rings. The number of hydrogen-bond donors (Lipinski definition) is 1. The number of H-pyrrole nitrogens is 1. The summed E-state index contributed by atoms with van der Waals surface area (Å²) in [5.74, 6) is -0.266. The Balaban J connectivity index is 1.36. The van der Waals surface area contributed by atoms with E-state index in [0.29, 0.717) is 21.5 Å². The maximum absolute atomic E-state index is 12.7. The van der Waals surface area contributed by atoms with Gasteiger partial charge in [0.2, 0.25) is 0 Å². The van der Waals surface area contributed by atoms with E-state index in [1.165, 1.54) is 22.3 Å². The lowest BCUT2D eigenvalue weighted by molar-refractivity contribution is 0.0462. The average molecular weight is 430 g/mol. The van der Waals surface area contributed by atoms with Crippen LogP contribution in [0.15, 0.2) is 71.1 Å². The first-order chi connectivity index (χ1) is 15.2. The Labute approximate surface area is 179 Å². The summed E-state index contributed by atoms with van der Waals surface area (Å²) in [6.45, 7) is -0.155. The molecule has 5 rings (SSSR count). The average Bonchev–Trinajstić information content (AvgIpc) is 3.49. The maximum atomic E-state index is 12.7. The second kappa shape index (κ2) is 7.92. The van der Waals surface area contributed by atoms with Gasteiger partial charge in [0.25, 0.3) is 5.56 Å². The van der Waals surface area contributed by atoms with Gasteiger partial charge in [-0.3, -0.25) is 4.79 Å². The second-order valence-corrected chi connectivity index (χ2v) is 7.45. The summed E-state index contributed by atoms with van der Waals surface area (Å²) in [6, 6.07) is 16.4. The third-order valence-electron chi connectivity index (χ3n) is 4.61. The van der Waals surface area contributed by atoms with Gasteiger partial charge in [-0.2, -0.15) is 0 Å². The summed E-state index contributed by atoms with van der Waals surface area (Å²) in [5, 5.41) is 13.4. The summed E-state index contributed by atoms with van der Waals surface area (Å²) in [6.07, 6.45) is 1.43. The number of tetrazole rings is 1. The van der Waals surface area contributed by atoms with Crippen LogP contribution in [0.3, 0.4) is 0 Å². The van der Waals surface area contributed by atoms with Crippen molar-refractivity contribution < 1.29 is 9.53 Å². The van der Waals surface area contributed by atoms with E-state index < -0.39 is 5.97 Å². The van der Waals surface area contributed by atoms with E-state index >= 15 is 0 Å². The van der Waals surface area contributed by atoms with Gasteiger partial charge in [-0.05, 0) is 34.2 Å². The lowest BCUT2D eigenvalue weighted by Gasteiger charge is -2.06. The molecule has 0 fully saturated rings. The van der Waals surface area contributed by atoms with Crippen molar-refractivity contribution in [2.75, 3.05) is 0 Å². The number of nitrogens with one attached hydrogen (secondary N) is 1. The van der Waals surface area contributed by atoms with Gasteiger partial charge in [-0.1, -0.05) is 36.4 Å². The maximum Gasteiger partial charge on any atom is 0.338 e. The summed E-state index contributed by atoms with van der Waals surface area (Å²) in [7, 11) is 0. The predicted molar refractivity (Wildman–Crippen MR) is 114 cm³/mol. The molecule has 0 aliphatic carbocycles. The second-order valence-electron chi connectivity index (χ2n) is 6.59. The normalized spacial score (nSPS) is 11.0. The van der Waals surface area contributed by atoms with Crippen LogP contribution in [-0.4, -0.2) is 36.1 Å². The predicted octanol–water partition coefficient (Wildman–Crippen LogP) is 2.98. The van der Waals surface area contributed by atoms with E-state index in [2.05, 4.69) is 25.5 Å². The molecule has 0 amide bonds. The number of thiophene rings is 1. The number of benzene rings is 2. The number of aromatic amines is 1. The van der Waals surface area contributed by atoms with Crippen molar-refractivity contribution in [2.45, 2.75) is 6.61 Å². The van der Waals surface area contributed by atoms with Crippen LogP contribution in [0, 0.1) is 0 Å². The molecule has 3 aromatic heterocycles. The van der Waals surface area contributed by atoms with Crippen LogP contribution in [0.25, 0.3) is 27.0 Å². The van der Waals surface area contributed by atoms with Gasteiger partial charge in [-0.15, -0.1) is 16.4 Å². The van der Waals surface area contributed by atoms with E-state index in [-0.39, 0.29) is 18.0 Å². The molecule has 0 bridgehead atoms. The van der Waals surface area contributed by atoms with E-state index in [0.717, 1.165) is 11.1 Å². The molecule has 0 unspecified atom stereocenters. The standard InChI is InChI=1S/C21H14N6O3S/c28-19-18-16(13-5-2-1-3-6-13)11-31-20(18)24-17(23-19)10-30-21(29)14-7-4-8-15(9-14)27-12-22-25-26-27/h1-9,11-12H,10H2,(H,23,24,28). The zero-order valence-corrected chi connectivity index (χ0v) is 16.7. The van der Waals surface area contributed by atoms with Gasteiger partial charge < -0.3 is 9.72 Å². The molecule has 0 spiro atoms. The molecular formula is C21H14N6O3S. The van der Waals surface area contributed by atoms with Crippen LogP contribution >= 0.6 is 11.3 Å². The number of ether oxygens (including phenoxy) is 1. The van der Waals surface area contributed by atoms with Crippen molar-refractivity contribution in [2.24, 2.45) is 0 Å². The van der Waals surface area contributed by atoms with Gasteiger partial charge in [0, 0.05) is 10.9 Å². The number of carbonyl (C=O) groups excluding carboxylic acids is 1. The highest BCUT2D eigenvalue weighted by Gasteiger charge is 2.15. The van der Waals surface area contributed by atoms with Crippen LogP contribution in [0.4, 0.5) is 0 Å². The zero-order chi connectivity index (χ0) is 21.2. The number of esters is 1. The Hall–Kier alpha value is -4.18. The van der Waals surface area contributed by atoms with Crippen molar-refractivity contribution in [3.05, 3.63) is 88.0 Å². The van der Waals surface area contributed by atoms with Crippen molar-refractivity contribution >= 4 is 27.5 Å². The number of aromatic nitrogens is 6. The molecule has 152 valence electrons. The molecule has 10 heteroatoms. The SMILES string of the molecule is O=C(OCc1nc2scc(-c3ccccc3)c2c(=O)[nH]1)c1cccc(-n2cnnn2)c1. The highest BCUT2D eigenvalue weighted by atomic mass is 32.1. The van der Waals surface area contributed by atoms with Crippen LogP contribution in [-0.2, 0) is 11.3 Å². The van der Waals surface area contributed by atoms with Crippen LogP contribution < -0.4 is 5.56 Å². The van der Waals surface area contributed by atoms with Gasteiger partial charge in [0.15, 0.2) is 0 Å². The fourth-order valence-corrected chi connectivity index (χ4v) is 4.13. The van der Waals surface area contributed by atoms with E-state index in [4.69, 9.17) is 4.74 Å². The Morgan fingerprint density at radius 1 is 1.13 bits per heavy atom. The number of carbonyl (C=O) groups is 1. The van der Waals surface area contributed by atoms with E-state index in [1.54, 1.807) is 24.3 Å². The van der Waals surface area contributed by atoms with Crippen molar-refractivity contribution in [3.8, 4) is 16.8 Å². The lowest BCUT2D eigenvalue weighted by Crippen LogP contribution is -2.14. The minimum Gasteiger partial charge on any atom is -0.454 e. The first-order valence-corrected chi connectivity index (χ1v) is 10.1. The Morgan fingerprint density at radius 3 is 2.81 bits per heavy atom. The summed E-state index contributed by atoms with van der Waals surface area (Å²) in [5.41, 5.74) is 2.47. The van der Waals surface area contributed by atoms with Gasteiger partial charge >= 0.3 is 5.97 Å². The molecule has 0 radical (unpaired) electrons. The summed E-state index contributed by atoms with van der Waals surface area (Å²) >= 11 is 1.38. The van der Waals surface area contributed by atoms with E-state index in [9.17, 15) is 9.59 Å². The topological polar surface area (TPSA) is 116 Å². The van der Waals surface area contributed by atoms with Crippen LogP contribution in [0.5, 0.6) is 0 Å². The Kier molecular flexibility index (Phi) is 4.81. The number of rotatable bonds is 5. The largest absolute Gasteiger partial charge is 0.454 e. The van der Waals surface area contributed by atoms with Crippen LogP contribution in [0.1, 0.15) is 16.2 Å². The fourth-order valence-electron chi connectivity index (χ4n) is 3.16. The first kappa shape index (κ1) is 18.8. The zero-order valence-electron chi connectivity index (χ0n) is 15.9. The summed E-state index contributed by atoms with van der Waals surface area (Å²) < 4.78 is 6.79. The molecule has 0 saturated heterocycles. The third-order valence-corrected chi connectivity index (χ3v) is 5.49. The lowest BCUT2D eigenvalue weighted by atomic mass is 10.1. The molecule has 0 aliphatic heterocycles. The van der Waals surface area contributed by atoms with Gasteiger partial charge in [0.05, 0.1) is 16.6 Å². The Bertz CT molecular complexity index is 1430. The fraction of sp³-hybridized carbons (Fsp3) is 0.0476. The van der Waals surface area contributed by atoms with E-state index in [1.807, 2.05) is 35.7 Å². The monoisotopic (exact) mass is 430 g/mol. The highest BCUT2D eigenvalue weighted by molar-refractivity contribution is 7.17. The van der Waals surface area contributed by atoms with Crippen molar-refractivity contribution in [1.29, 1.82) is 0 Å². The minimum atomic E-state index is -0.547. The van der Waals surface area contributed by atoms with Gasteiger partial charge in [0.1, 0.15) is 23.6 Å². The number of nitrogens with zero attached hydrogens (tertiary/aromatic N) is 5. The van der Waals surface area contributed by atoms with Crippen molar-refractivity contribution in [3.63, 3.8) is 0 Å². The van der Waals surface area contributed by atoms with Gasteiger partial charge in [-0.25, -0.2) is 14.5 Å². The molecule has 1 N–H and O–H groups in total. The Morgan fingerprint density at radius 2 is 2.00 bits per heavy atom. The van der Waals surface area contributed by atoms with Crippen molar-refractivity contribution in [1.82, 2.24) is 30.2 Å². The molecule has 9 nitrogen and oxygen atoms in total. The number of fused-ring (bicyclic) bond motifs is 1. The minimum absolute atomic E-state index is 0.155. The summed E-state index contributed by atoms with van der Waals surface area (Å²) in [4.78, 5) is 32.9. The third kappa shape index (κ3) is 3.71. The molecule has 0 aliphatic rings. The first-order valence-electron chi connectivity index (χ1n) is 9.25. The molecule has 2 aromatic carbocycles. The molecule has 0 saturated carbocycles. The highest BCUT2D eigenvalue weighted by Crippen LogP contribution is 2.30. The quantitative estimate of drug-likeness (QED) is 0.426. The van der Waals surface area contributed by atoms with Crippen LogP contribution in [0.2, 0.25) is 0 Å². The molecule has 0 atom stereocenters.